The number of hydrogen-bond donors (Lipinski definition) is 3. The molecule has 2 aromatic rings. The predicted molar refractivity (Wildman–Crippen MR) is 200 cm³/mol. The fourth-order valence-corrected chi connectivity index (χ4v) is 9.96. The Labute approximate surface area is 308 Å². The van der Waals surface area contributed by atoms with Crippen LogP contribution in [-0.4, -0.2) is 103 Å². The number of ether oxygens (including phenoxy) is 1. The summed E-state index contributed by atoms with van der Waals surface area (Å²) in [6.07, 6.45) is 2.46. The molecule has 2 amide bonds. The maximum Gasteiger partial charge on any atom is 0.254 e. The number of nitrogens with zero attached hydrogens (tertiary/aromatic N) is 3. The number of anilines is 1. The molecule has 11 nitrogen and oxygen atoms in total. The average molecular weight is 719 g/mol. The summed E-state index contributed by atoms with van der Waals surface area (Å²) in [5.74, 6) is 1.59. The maximum atomic E-state index is 14.3. The number of carbonyl (C=O) groups is 3. The summed E-state index contributed by atoms with van der Waals surface area (Å²) in [5, 5.41) is 25.6. The van der Waals surface area contributed by atoms with Crippen LogP contribution in [0.2, 0.25) is 0 Å². The molecule has 3 N–H and O–H groups in total. The molecule has 284 valence electrons. The quantitative estimate of drug-likeness (QED) is 0.290. The van der Waals surface area contributed by atoms with Crippen molar-refractivity contribution >= 4 is 23.3 Å². The number of aliphatic hydroxyl groups excluding tert-OH is 2. The van der Waals surface area contributed by atoms with Crippen molar-refractivity contribution in [3.05, 3.63) is 47.5 Å². The van der Waals surface area contributed by atoms with Gasteiger partial charge in [0.1, 0.15) is 23.9 Å². The molecule has 3 aliphatic carbocycles. The van der Waals surface area contributed by atoms with Gasteiger partial charge in [0, 0.05) is 62.4 Å². The molecule has 2 heterocycles. The Morgan fingerprint density at radius 2 is 1.90 bits per heavy atom. The molecule has 0 radical (unpaired) electrons. The minimum absolute atomic E-state index is 0.0340. The first kappa shape index (κ1) is 38.2. The smallest absolute Gasteiger partial charge is 0.254 e. The molecule has 2 bridgehead atoms. The summed E-state index contributed by atoms with van der Waals surface area (Å²) in [6, 6.07) is 10.2. The summed E-state index contributed by atoms with van der Waals surface area (Å²) < 4.78 is 6.07. The Morgan fingerprint density at radius 1 is 1.15 bits per heavy atom. The van der Waals surface area contributed by atoms with E-state index in [1.54, 1.807) is 31.0 Å². The van der Waals surface area contributed by atoms with Crippen molar-refractivity contribution in [1.29, 1.82) is 0 Å². The molecule has 7 rings (SSSR count). The first-order chi connectivity index (χ1) is 24.7. The van der Waals surface area contributed by atoms with Crippen molar-refractivity contribution in [2.45, 2.75) is 90.6 Å². The number of rotatable bonds is 12. The van der Waals surface area contributed by atoms with Crippen LogP contribution in [0.5, 0.6) is 5.75 Å². The molecule has 9 atom stereocenters. The highest BCUT2D eigenvalue weighted by Gasteiger charge is 2.57. The van der Waals surface area contributed by atoms with E-state index in [0.717, 1.165) is 35.2 Å². The van der Waals surface area contributed by atoms with Gasteiger partial charge in [0.2, 0.25) is 5.91 Å². The largest absolute Gasteiger partial charge is 0.496 e. The minimum atomic E-state index is -0.871. The Morgan fingerprint density at radius 3 is 2.52 bits per heavy atom. The second kappa shape index (κ2) is 15.1. The second-order valence-electron chi connectivity index (χ2n) is 16.5. The predicted octanol–water partition coefficient (Wildman–Crippen LogP) is 4.53. The number of nitrogens with one attached hydrogen (secondary N) is 1. The van der Waals surface area contributed by atoms with E-state index in [-0.39, 0.29) is 36.7 Å². The number of Topliss-reactive ketones (excluding diaryl/α,β-unsaturated/α-hetero) is 1. The molecular formula is C41H58N4O7. The summed E-state index contributed by atoms with van der Waals surface area (Å²) >= 11 is 0. The van der Waals surface area contributed by atoms with Gasteiger partial charge in [-0.25, -0.2) is 0 Å². The number of likely N-dealkylation sites (N-methyl/N-ethyl adjacent to an activating group) is 1. The van der Waals surface area contributed by atoms with E-state index < -0.39 is 30.2 Å². The van der Waals surface area contributed by atoms with Gasteiger partial charge in [-0.1, -0.05) is 39.0 Å². The summed E-state index contributed by atoms with van der Waals surface area (Å²) in [6.45, 7) is 9.04. The van der Waals surface area contributed by atoms with E-state index in [1.807, 2.05) is 55.4 Å². The number of ketones is 1. The Kier molecular flexibility index (Phi) is 11.1. The van der Waals surface area contributed by atoms with Crippen molar-refractivity contribution in [1.82, 2.24) is 15.3 Å². The van der Waals surface area contributed by atoms with E-state index >= 15 is 0 Å². The molecular weight excluding hydrogens is 660 g/mol. The third kappa shape index (κ3) is 6.85. The van der Waals surface area contributed by atoms with Crippen LogP contribution in [0.15, 0.2) is 36.4 Å². The van der Waals surface area contributed by atoms with Crippen LogP contribution in [0.4, 0.5) is 5.69 Å². The number of para-hydroxylation sites is 1. The highest BCUT2D eigenvalue weighted by atomic mass is 16.7. The van der Waals surface area contributed by atoms with E-state index in [2.05, 4.69) is 26.1 Å². The second-order valence-corrected chi connectivity index (χ2v) is 16.5. The highest BCUT2D eigenvalue weighted by molar-refractivity contribution is 6.00. The zero-order valence-corrected chi connectivity index (χ0v) is 32.1. The van der Waals surface area contributed by atoms with Gasteiger partial charge < -0.3 is 30.1 Å². The van der Waals surface area contributed by atoms with Gasteiger partial charge in [0.05, 0.1) is 26.4 Å². The SMILES string of the molecule is CNC(=O)[C@@H]1CCCN1C(=O)c1cc(-c2cccc(CN3O[C@@H](CO)[C@@H]([C@H](C)O)[C@H]3C(=O)CC3C[C@H]4C[C@@H]([C@@H]3C)C4(C)C)c2OC)cc(N(C)C)c1. The number of benzene rings is 2. The number of carbonyl (C=O) groups excluding carboxylic acids is 3. The standard InChI is InChI=1S/C41H58N4O7/c1-23-26(16-29-20-32(23)41(29,3)4)19-34(48)37-36(24(2)47)35(22-46)52-45(37)21-25-11-9-12-31(38(25)51-8)27-15-28(18-30(17-27)43(6)7)40(50)44-14-10-13-33(44)39(49)42-5/h9,11-12,15,17-18,23-24,26,29,32-33,35-37,46-47H,10,13-14,16,19-22H2,1-8H3,(H,42,49)/t23-,24+,26?,29+,32+,33+,35+,36-,37-/m1/s1. The molecule has 0 aromatic heterocycles. The normalized spacial score (nSPS) is 30.1. The van der Waals surface area contributed by atoms with Gasteiger partial charge in [-0.05, 0) is 85.5 Å². The van der Waals surface area contributed by atoms with Gasteiger partial charge in [-0.15, -0.1) is 0 Å². The van der Waals surface area contributed by atoms with Crippen molar-refractivity contribution in [3.8, 4) is 16.9 Å². The van der Waals surface area contributed by atoms with E-state index in [9.17, 15) is 24.6 Å². The van der Waals surface area contributed by atoms with Crippen LogP contribution < -0.4 is 15.0 Å². The third-order valence-electron chi connectivity index (χ3n) is 13.1. The van der Waals surface area contributed by atoms with Crippen molar-refractivity contribution in [2.75, 3.05) is 46.3 Å². The zero-order chi connectivity index (χ0) is 37.6. The molecule has 3 saturated carbocycles. The molecule has 11 heteroatoms. The first-order valence-electron chi connectivity index (χ1n) is 19.0. The number of hydrogen-bond acceptors (Lipinski definition) is 9. The summed E-state index contributed by atoms with van der Waals surface area (Å²) in [5.41, 5.74) is 3.89. The number of methoxy groups -OCH3 is 1. The maximum absolute atomic E-state index is 14.3. The lowest BCUT2D eigenvalue weighted by Crippen LogP contribution is -2.55. The lowest BCUT2D eigenvalue weighted by molar-refractivity contribution is -0.183. The minimum Gasteiger partial charge on any atom is -0.496 e. The lowest BCUT2D eigenvalue weighted by Gasteiger charge is -2.62. The number of hydroxylamine groups is 2. The van der Waals surface area contributed by atoms with Crippen molar-refractivity contribution in [3.63, 3.8) is 0 Å². The van der Waals surface area contributed by atoms with Crippen molar-refractivity contribution in [2.24, 2.45) is 35.0 Å². The van der Waals surface area contributed by atoms with Crippen LogP contribution in [-0.2, 0) is 21.0 Å². The van der Waals surface area contributed by atoms with Gasteiger partial charge >= 0.3 is 0 Å². The molecule has 2 aliphatic heterocycles. The van der Waals surface area contributed by atoms with E-state index in [4.69, 9.17) is 9.57 Å². The molecule has 52 heavy (non-hydrogen) atoms. The van der Waals surface area contributed by atoms with E-state index in [0.29, 0.717) is 53.9 Å². The zero-order valence-electron chi connectivity index (χ0n) is 32.1. The molecule has 1 unspecified atom stereocenters. The summed E-state index contributed by atoms with van der Waals surface area (Å²) in [4.78, 5) is 50.8. The number of likely N-dealkylation sites (tertiary alicyclic amines) is 1. The number of amides is 2. The third-order valence-corrected chi connectivity index (χ3v) is 13.1. The lowest BCUT2D eigenvalue weighted by atomic mass is 9.43. The Hall–Kier alpha value is -3.51. The first-order valence-corrected chi connectivity index (χ1v) is 19.0. The number of aliphatic hydroxyl groups is 2. The fraction of sp³-hybridized carbons (Fsp3) is 0.634. The molecule has 5 fully saturated rings. The molecule has 2 saturated heterocycles. The van der Waals surface area contributed by atoms with Gasteiger partial charge in [0.25, 0.3) is 5.91 Å². The Bertz CT molecular complexity index is 1660. The van der Waals surface area contributed by atoms with Gasteiger partial charge in [-0.3, -0.25) is 19.2 Å². The number of fused-ring (bicyclic) bond motifs is 2. The molecule has 0 spiro atoms. The Balaban J connectivity index is 1.31. The van der Waals surface area contributed by atoms with Crippen LogP contribution in [0.25, 0.3) is 11.1 Å². The van der Waals surface area contributed by atoms with E-state index in [1.165, 1.54) is 6.42 Å². The van der Waals surface area contributed by atoms with Crippen LogP contribution in [0, 0.1) is 35.0 Å². The van der Waals surface area contributed by atoms with Crippen LogP contribution in [0.1, 0.15) is 75.7 Å². The van der Waals surface area contributed by atoms with Gasteiger partial charge in [0.15, 0.2) is 5.78 Å². The van der Waals surface area contributed by atoms with Crippen LogP contribution >= 0.6 is 0 Å². The van der Waals surface area contributed by atoms with Gasteiger partial charge in [-0.2, -0.15) is 5.06 Å². The molecule has 2 aromatic carbocycles. The van der Waals surface area contributed by atoms with Crippen molar-refractivity contribution < 1.29 is 34.2 Å². The average Bonchev–Trinajstić information content (AvgIpc) is 3.76. The van der Waals surface area contributed by atoms with Crippen LogP contribution in [0.3, 0.4) is 0 Å². The molecule has 5 aliphatic rings. The fourth-order valence-electron chi connectivity index (χ4n) is 9.96. The topological polar surface area (TPSA) is 132 Å². The monoisotopic (exact) mass is 718 g/mol. The highest BCUT2D eigenvalue weighted by Crippen LogP contribution is 2.63. The summed E-state index contributed by atoms with van der Waals surface area (Å²) in [7, 11) is 7.02.